The van der Waals surface area contributed by atoms with Crippen LogP contribution in [0.15, 0.2) is 35.9 Å². The largest absolute Gasteiger partial charge is 0.0976 e. The van der Waals surface area contributed by atoms with Gasteiger partial charge in [0, 0.05) is 5.03 Å². The van der Waals surface area contributed by atoms with Crippen LogP contribution >= 0.6 is 11.6 Å². The van der Waals surface area contributed by atoms with Gasteiger partial charge in [0.2, 0.25) is 0 Å². The minimum Gasteiger partial charge on any atom is -0.0976 e. The molecule has 58 valence electrons. The smallest absolute Gasteiger partial charge is 0.0399 e. The molecule has 0 aliphatic carbocycles. The quantitative estimate of drug-likeness (QED) is 0.535. The molecule has 0 spiro atoms. The van der Waals surface area contributed by atoms with E-state index >= 15 is 0 Å². The van der Waals surface area contributed by atoms with Gasteiger partial charge in [-0.3, -0.25) is 0 Å². The van der Waals surface area contributed by atoms with Gasteiger partial charge in [-0.05, 0) is 13.0 Å². The Hall–Kier alpha value is -0.490. The molecule has 0 aliphatic heterocycles. The highest BCUT2D eigenvalue weighted by Gasteiger charge is 1.73. The van der Waals surface area contributed by atoms with E-state index in [0.717, 1.165) is 0 Å². The molecule has 0 fully saturated rings. The Morgan fingerprint density at radius 2 is 1.90 bits per heavy atom. The SMILES string of the molecule is C=C/C(Cl)=C\C=C/C.CC. The van der Waals surface area contributed by atoms with Crippen molar-refractivity contribution >= 4 is 11.6 Å². The van der Waals surface area contributed by atoms with Gasteiger partial charge in [-0.25, -0.2) is 0 Å². The van der Waals surface area contributed by atoms with Crippen molar-refractivity contribution in [3.05, 3.63) is 35.9 Å². The van der Waals surface area contributed by atoms with Gasteiger partial charge in [0.05, 0.1) is 0 Å². The van der Waals surface area contributed by atoms with E-state index < -0.39 is 0 Å². The number of hydrogen-bond acceptors (Lipinski definition) is 0. The second-order valence-electron chi connectivity index (χ2n) is 1.28. The average molecular weight is 159 g/mol. The molecular weight excluding hydrogens is 144 g/mol. The summed E-state index contributed by atoms with van der Waals surface area (Å²) in [6.45, 7) is 9.41. The third-order valence-electron chi connectivity index (χ3n) is 0.643. The lowest BCUT2D eigenvalue weighted by atomic mass is 10.4. The van der Waals surface area contributed by atoms with Gasteiger partial charge in [0.1, 0.15) is 0 Å². The van der Waals surface area contributed by atoms with Gasteiger partial charge in [0.25, 0.3) is 0 Å². The molecule has 10 heavy (non-hydrogen) atoms. The first-order valence-corrected chi connectivity index (χ1v) is 3.80. The number of rotatable bonds is 2. The van der Waals surface area contributed by atoms with Gasteiger partial charge < -0.3 is 0 Å². The van der Waals surface area contributed by atoms with Crippen molar-refractivity contribution in [3.8, 4) is 0 Å². The van der Waals surface area contributed by atoms with E-state index in [1.54, 1.807) is 12.2 Å². The van der Waals surface area contributed by atoms with Gasteiger partial charge in [0.15, 0.2) is 0 Å². The first-order chi connectivity index (χ1) is 4.81. The first-order valence-electron chi connectivity index (χ1n) is 3.42. The van der Waals surface area contributed by atoms with Gasteiger partial charge in [-0.1, -0.05) is 50.3 Å². The third kappa shape index (κ3) is 10.5. The molecule has 1 heteroatoms. The Bertz CT molecular complexity index is 121. The van der Waals surface area contributed by atoms with Crippen molar-refractivity contribution in [1.82, 2.24) is 0 Å². The molecule has 0 saturated heterocycles. The van der Waals surface area contributed by atoms with E-state index in [2.05, 4.69) is 6.58 Å². The van der Waals surface area contributed by atoms with Crippen LogP contribution in [-0.2, 0) is 0 Å². The fraction of sp³-hybridized carbons (Fsp3) is 0.333. The van der Waals surface area contributed by atoms with E-state index in [9.17, 15) is 0 Å². The Labute approximate surface area is 68.9 Å². The molecule has 0 atom stereocenters. The second kappa shape index (κ2) is 11.3. The van der Waals surface area contributed by atoms with Crippen molar-refractivity contribution < 1.29 is 0 Å². The van der Waals surface area contributed by atoms with Crippen molar-refractivity contribution in [2.24, 2.45) is 0 Å². The lowest BCUT2D eigenvalue weighted by molar-refractivity contribution is 1.50. The van der Waals surface area contributed by atoms with Crippen LogP contribution in [0.25, 0.3) is 0 Å². The van der Waals surface area contributed by atoms with E-state index in [-0.39, 0.29) is 0 Å². The third-order valence-corrected chi connectivity index (χ3v) is 0.923. The highest BCUT2D eigenvalue weighted by Crippen LogP contribution is 2.00. The topological polar surface area (TPSA) is 0 Å². The predicted octanol–water partition coefficient (Wildman–Crippen LogP) is 3.90. The zero-order chi connectivity index (χ0) is 8.41. The molecule has 0 nitrogen and oxygen atoms in total. The van der Waals surface area contributed by atoms with Crippen LogP contribution in [0.4, 0.5) is 0 Å². The number of hydrogen-bond donors (Lipinski definition) is 0. The maximum Gasteiger partial charge on any atom is 0.0399 e. The highest BCUT2D eigenvalue weighted by atomic mass is 35.5. The number of halogens is 1. The lowest BCUT2D eigenvalue weighted by Gasteiger charge is -1.78. The van der Waals surface area contributed by atoms with Crippen LogP contribution in [0.1, 0.15) is 20.8 Å². The summed E-state index contributed by atoms with van der Waals surface area (Å²) < 4.78 is 0. The maximum absolute atomic E-state index is 5.54. The molecule has 0 amide bonds. The standard InChI is InChI=1S/C7H9Cl.C2H6/c1-3-5-6-7(8)4-2;1-2/h3-6H,2H2,1H3;1-2H3/b5-3-,7-6+;. The summed E-state index contributed by atoms with van der Waals surface area (Å²) in [6.07, 6.45) is 7.16. The minimum atomic E-state index is 0.670. The van der Waals surface area contributed by atoms with Gasteiger partial charge in [-0.15, -0.1) is 0 Å². The summed E-state index contributed by atoms with van der Waals surface area (Å²) >= 11 is 5.54. The maximum atomic E-state index is 5.54. The Kier molecular flexibility index (Phi) is 13.8. The zero-order valence-electron chi connectivity index (χ0n) is 6.89. The van der Waals surface area contributed by atoms with Crippen LogP contribution in [-0.4, -0.2) is 0 Å². The molecule has 0 radical (unpaired) electrons. The van der Waals surface area contributed by atoms with E-state index in [1.807, 2.05) is 32.9 Å². The molecule has 0 saturated carbocycles. The molecule has 0 N–H and O–H groups in total. The lowest BCUT2D eigenvalue weighted by Crippen LogP contribution is -1.55. The minimum absolute atomic E-state index is 0.670. The van der Waals surface area contributed by atoms with E-state index in [0.29, 0.717) is 5.03 Å². The summed E-state index contributed by atoms with van der Waals surface area (Å²) in [5.41, 5.74) is 0. The predicted molar refractivity (Wildman–Crippen MR) is 50.3 cm³/mol. The average Bonchev–Trinajstić information content (AvgIpc) is 2.04. The van der Waals surface area contributed by atoms with E-state index in [4.69, 9.17) is 11.6 Å². The monoisotopic (exact) mass is 158 g/mol. The normalized spacial score (nSPS) is 10.6. The molecular formula is C9H15Cl. The summed E-state index contributed by atoms with van der Waals surface area (Å²) in [7, 11) is 0. The summed E-state index contributed by atoms with van der Waals surface area (Å²) in [5.74, 6) is 0. The molecule has 0 bridgehead atoms. The Morgan fingerprint density at radius 3 is 2.20 bits per heavy atom. The molecule has 0 aromatic rings. The fourth-order valence-electron chi connectivity index (χ4n) is 0.256. The Balaban J connectivity index is 0. The van der Waals surface area contributed by atoms with Crippen LogP contribution in [0.5, 0.6) is 0 Å². The van der Waals surface area contributed by atoms with Gasteiger partial charge in [-0.2, -0.15) is 0 Å². The summed E-state index contributed by atoms with van der Waals surface area (Å²) in [4.78, 5) is 0. The zero-order valence-corrected chi connectivity index (χ0v) is 7.65. The van der Waals surface area contributed by atoms with Crippen LogP contribution in [0, 0.1) is 0 Å². The number of allylic oxidation sites excluding steroid dienone is 5. The molecule has 0 unspecified atom stereocenters. The molecule has 0 aromatic heterocycles. The fourth-order valence-corrected chi connectivity index (χ4v) is 0.329. The van der Waals surface area contributed by atoms with Crippen molar-refractivity contribution in [2.45, 2.75) is 20.8 Å². The second-order valence-corrected chi connectivity index (χ2v) is 1.72. The van der Waals surface area contributed by atoms with Crippen molar-refractivity contribution in [1.29, 1.82) is 0 Å². The molecule has 0 heterocycles. The van der Waals surface area contributed by atoms with Crippen LogP contribution < -0.4 is 0 Å². The van der Waals surface area contributed by atoms with Gasteiger partial charge >= 0.3 is 0 Å². The van der Waals surface area contributed by atoms with Crippen molar-refractivity contribution in [2.75, 3.05) is 0 Å². The van der Waals surface area contributed by atoms with E-state index in [1.165, 1.54) is 0 Å². The Morgan fingerprint density at radius 1 is 1.40 bits per heavy atom. The highest BCUT2D eigenvalue weighted by molar-refractivity contribution is 6.31. The molecule has 0 rings (SSSR count). The summed E-state index contributed by atoms with van der Waals surface area (Å²) in [6, 6.07) is 0. The molecule has 0 aliphatic rings. The first kappa shape index (κ1) is 12.2. The van der Waals surface area contributed by atoms with Crippen molar-refractivity contribution in [3.63, 3.8) is 0 Å². The van der Waals surface area contributed by atoms with Crippen LogP contribution in [0.3, 0.4) is 0 Å². The molecule has 0 aromatic carbocycles. The summed E-state index contributed by atoms with van der Waals surface area (Å²) in [5, 5.41) is 0.670. The van der Waals surface area contributed by atoms with Crippen LogP contribution in [0.2, 0.25) is 0 Å².